The van der Waals surface area contributed by atoms with Gasteiger partial charge in [-0.25, -0.2) is 0 Å². The Kier molecular flexibility index (Phi) is 3.87. The van der Waals surface area contributed by atoms with Crippen molar-refractivity contribution in [1.29, 1.82) is 0 Å². The Morgan fingerprint density at radius 3 is 2.08 bits per heavy atom. The maximum absolute atomic E-state index is 4.97. The number of anilines is 1. The van der Waals surface area contributed by atoms with Gasteiger partial charge in [-0.15, -0.1) is 0 Å². The lowest BCUT2D eigenvalue weighted by Gasteiger charge is -2.24. The third-order valence-electron chi connectivity index (χ3n) is 4.50. The molecule has 3 aromatic carbocycles. The molecule has 0 N–H and O–H groups in total. The Labute approximate surface area is 143 Å². The van der Waals surface area contributed by atoms with Crippen LogP contribution >= 0.6 is 0 Å². The van der Waals surface area contributed by atoms with Gasteiger partial charge in [-0.3, -0.25) is 5.01 Å². The summed E-state index contributed by atoms with van der Waals surface area (Å²) < 4.78 is 0. The Balaban J connectivity index is 1.75. The fourth-order valence-corrected chi connectivity index (χ4v) is 3.19. The van der Waals surface area contributed by atoms with Crippen LogP contribution in [0.25, 0.3) is 0 Å². The zero-order valence-electron chi connectivity index (χ0n) is 13.8. The summed E-state index contributed by atoms with van der Waals surface area (Å²) in [5, 5.41) is 7.13. The molecule has 24 heavy (non-hydrogen) atoms. The van der Waals surface area contributed by atoms with Crippen molar-refractivity contribution >= 4 is 11.4 Å². The first-order chi connectivity index (χ1) is 11.8. The Hall–Kier alpha value is -2.87. The second-order valence-corrected chi connectivity index (χ2v) is 6.22. The molecule has 0 radical (unpaired) electrons. The fourth-order valence-electron chi connectivity index (χ4n) is 3.19. The molecule has 0 aromatic heterocycles. The maximum atomic E-state index is 4.97. The van der Waals surface area contributed by atoms with E-state index in [0.717, 1.165) is 17.8 Å². The van der Waals surface area contributed by atoms with Crippen molar-refractivity contribution in [2.45, 2.75) is 19.4 Å². The van der Waals surface area contributed by atoms with E-state index in [-0.39, 0.29) is 6.04 Å². The van der Waals surface area contributed by atoms with E-state index in [9.17, 15) is 0 Å². The summed E-state index contributed by atoms with van der Waals surface area (Å²) in [6, 6.07) is 30.0. The SMILES string of the molecule is Cc1ccc(N2N=C(c3ccccc3)C[C@H]2c2ccccc2)cc1. The van der Waals surface area contributed by atoms with Gasteiger partial charge in [-0.05, 0) is 30.2 Å². The van der Waals surface area contributed by atoms with Gasteiger partial charge in [-0.2, -0.15) is 5.10 Å². The van der Waals surface area contributed by atoms with E-state index in [0.29, 0.717) is 0 Å². The first kappa shape index (κ1) is 14.7. The predicted octanol–water partition coefficient (Wildman–Crippen LogP) is 5.35. The van der Waals surface area contributed by atoms with Crippen LogP contribution in [0.2, 0.25) is 0 Å². The molecule has 1 aliphatic heterocycles. The van der Waals surface area contributed by atoms with E-state index in [1.54, 1.807) is 0 Å². The molecule has 0 spiro atoms. The molecule has 0 aliphatic carbocycles. The molecule has 4 rings (SSSR count). The summed E-state index contributed by atoms with van der Waals surface area (Å²) in [5.74, 6) is 0. The van der Waals surface area contributed by atoms with Crippen LogP contribution in [0.5, 0.6) is 0 Å². The van der Waals surface area contributed by atoms with Gasteiger partial charge in [-0.1, -0.05) is 78.4 Å². The largest absolute Gasteiger partial charge is 0.257 e. The van der Waals surface area contributed by atoms with Gasteiger partial charge in [0, 0.05) is 6.42 Å². The zero-order valence-corrected chi connectivity index (χ0v) is 13.8. The van der Waals surface area contributed by atoms with Gasteiger partial charge in [0.2, 0.25) is 0 Å². The lowest BCUT2D eigenvalue weighted by atomic mass is 9.98. The van der Waals surface area contributed by atoms with Crippen molar-refractivity contribution in [3.05, 3.63) is 102 Å². The van der Waals surface area contributed by atoms with Gasteiger partial charge in [0.25, 0.3) is 0 Å². The molecule has 1 atom stereocenters. The minimum atomic E-state index is 0.240. The lowest BCUT2D eigenvalue weighted by molar-refractivity contribution is 0.709. The molecule has 2 heteroatoms. The van der Waals surface area contributed by atoms with Crippen LogP contribution in [0.3, 0.4) is 0 Å². The number of benzene rings is 3. The van der Waals surface area contributed by atoms with E-state index in [4.69, 9.17) is 5.10 Å². The number of hydrazone groups is 1. The zero-order chi connectivity index (χ0) is 16.4. The van der Waals surface area contributed by atoms with Crippen molar-refractivity contribution in [2.24, 2.45) is 5.10 Å². The number of aryl methyl sites for hydroxylation is 1. The first-order valence-electron chi connectivity index (χ1n) is 8.35. The highest BCUT2D eigenvalue weighted by Crippen LogP contribution is 2.36. The third-order valence-corrected chi connectivity index (χ3v) is 4.50. The standard InChI is InChI=1S/C22H20N2/c1-17-12-14-20(15-13-17)24-22(19-10-6-3-7-11-19)16-21(23-24)18-8-4-2-5-9-18/h2-15,22H,16H2,1H3/t22-/m0/s1. The highest BCUT2D eigenvalue weighted by Gasteiger charge is 2.29. The van der Waals surface area contributed by atoms with E-state index in [2.05, 4.69) is 90.8 Å². The monoisotopic (exact) mass is 312 g/mol. The molecule has 0 saturated carbocycles. The summed E-state index contributed by atoms with van der Waals surface area (Å²) >= 11 is 0. The number of nitrogens with zero attached hydrogens (tertiary/aromatic N) is 2. The Morgan fingerprint density at radius 1 is 0.792 bits per heavy atom. The van der Waals surface area contributed by atoms with Crippen LogP contribution in [0.1, 0.15) is 29.2 Å². The minimum absolute atomic E-state index is 0.240. The molecule has 0 fully saturated rings. The van der Waals surface area contributed by atoms with E-state index in [1.807, 2.05) is 6.07 Å². The molecule has 0 unspecified atom stereocenters. The van der Waals surface area contributed by atoms with Crippen molar-refractivity contribution in [2.75, 3.05) is 5.01 Å². The van der Waals surface area contributed by atoms with E-state index < -0.39 is 0 Å². The number of hydrogen-bond donors (Lipinski definition) is 0. The van der Waals surface area contributed by atoms with E-state index >= 15 is 0 Å². The number of rotatable bonds is 3. The van der Waals surface area contributed by atoms with Crippen LogP contribution in [-0.4, -0.2) is 5.71 Å². The summed E-state index contributed by atoms with van der Waals surface area (Å²) in [5.41, 5.74) is 6.05. The molecule has 0 amide bonds. The van der Waals surface area contributed by atoms with Crippen LogP contribution in [0, 0.1) is 6.92 Å². The molecule has 1 heterocycles. The normalized spacial score (nSPS) is 17.0. The van der Waals surface area contributed by atoms with Crippen LogP contribution < -0.4 is 5.01 Å². The van der Waals surface area contributed by atoms with Crippen LogP contribution in [0.4, 0.5) is 5.69 Å². The summed E-state index contributed by atoms with van der Waals surface area (Å²) in [6.45, 7) is 2.11. The summed E-state index contributed by atoms with van der Waals surface area (Å²) in [6.07, 6.45) is 0.919. The van der Waals surface area contributed by atoms with Crippen molar-refractivity contribution in [1.82, 2.24) is 0 Å². The molecular weight excluding hydrogens is 292 g/mol. The summed E-state index contributed by atoms with van der Waals surface area (Å²) in [7, 11) is 0. The maximum Gasteiger partial charge on any atom is 0.0831 e. The highest BCUT2D eigenvalue weighted by atomic mass is 15.5. The molecular formula is C22H20N2. The molecule has 2 nitrogen and oxygen atoms in total. The van der Waals surface area contributed by atoms with Gasteiger partial charge in [0.05, 0.1) is 17.4 Å². The molecule has 0 bridgehead atoms. The van der Waals surface area contributed by atoms with Crippen molar-refractivity contribution in [3.8, 4) is 0 Å². The first-order valence-corrected chi connectivity index (χ1v) is 8.35. The molecule has 1 aliphatic rings. The topological polar surface area (TPSA) is 15.6 Å². The third kappa shape index (κ3) is 2.83. The van der Waals surface area contributed by atoms with Crippen LogP contribution in [-0.2, 0) is 0 Å². The number of hydrogen-bond acceptors (Lipinski definition) is 2. The average molecular weight is 312 g/mol. The molecule has 118 valence electrons. The quantitative estimate of drug-likeness (QED) is 0.636. The summed E-state index contributed by atoms with van der Waals surface area (Å²) in [4.78, 5) is 0. The molecule has 3 aromatic rings. The van der Waals surface area contributed by atoms with Gasteiger partial charge in [0.15, 0.2) is 0 Å². The van der Waals surface area contributed by atoms with Gasteiger partial charge < -0.3 is 0 Å². The fraction of sp³-hybridized carbons (Fsp3) is 0.136. The Morgan fingerprint density at radius 2 is 1.42 bits per heavy atom. The molecule has 0 saturated heterocycles. The average Bonchev–Trinajstić information content (AvgIpc) is 3.09. The van der Waals surface area contributed by atoms with Crippen molar-refractivity contribution in [3.63, 3.8) is 0 Å². The van der Waals surface area contributed by atoms with Crippen molar-refractivity contribution < 1.29 is 0 Å². The highest BCUT2D eigenvalue weighted by molar-refractivity contribution is 6.03. The second-order valence-electron chi connectivity index (χ2n) is 6.22. The predicted molar refractivity (Wildman–Crippen MR) is 100 cm³/mol. The Bertz CT molecular complexity index is 836. The minimum Gasteiger partial charge on any atom is -0.257 e. The van der Waals surface area contributed by atoms with Gasteiger partial charge >= 0.3 is 0 Å². The smallest absolute Gasteiger partial charge is 0.0831 e. The van der Waals surface area contributed by atoms with E-state index in [1.165, 1.54) is 16.7 Å². The van der Waals surface area contributed by atoms with Gasteiger partial charge in [0.1, 0.15) is 0 Å². The van der Waals surface area contributed by atoms with Crippen LogP contribution in [0.15, 0.2) is 90.0 Å². The lowest BCUT2D eigenvalue weighted by Crippen LogP contribution is -2.18. The second kappa shape index (κ2) is 6.32.